The predicted molar refractivity (Wildman–Crippen MR) is 137 cm³/mol. The molecule has 6 rings (SSSR count). The summed E-state index contributed by atoms with van der Waals surface area (Å²) in [6, 6.07) is 9.84. The van der Waals surface area contributed by atoms with Crippen LogP contribution in [0.15, 0.2) is 48.9 Å². The number of ether oxygens (including phenoxy) is 2. The SMILES string of the molecule is Nc1ncc(C2CN(c3ncc4sc(-c5cccc(C(=O)N6CCOCC6)c5)cc4n3)CCO2)cn1. The van der Waals surface area contributed by atoms with Crippen molar-refractivity contribution in [1.82, 2.24) is 24.8 Å². The highest BCUT2D eigenvalue weighted by Crippen LogP contribution is 2.34. The number of nitrogens with two attached hydrogens (primary N) is 1. The lowest BCUT2D eigenvalue weighted by molar-refractivity contribution is 0.0303. The molecule has 3 aromatic heterocycles. The highest BCUT2D eigenvalue weighted by atomic mass is 32.1. The minimum atomic E-state index is -0.177. The summed E-state index contributed by atoms with van der Waals surface area (Å²) in [7, 11) is 0. The van der Waals surface area contributed by atoms with E-state index in [9.17, 15) is 4.79 Å². The van der Waals surface area contributed by atoms with Crippen molar-refractivity contribution in [3.8, 4) is 10.4 Å². The van der Waals surface area contributed by atoms with E-state index in [1.165, 1.54) is 0 Å². The molecular weight excluding hydrogens is 478 g/mol. The lowest BCUT2D eigenvalue weighted by Crippen LogP contribution is -2.40. The second kappa shape index (κ2) is 9.76. The standard InChI is InChI=1S/C25H25N7O3S/c26-24-27-12-18(13-28-24)20-15-32(6-9-35-20)25-29-14-22-19(30-25)11-21(36-22)16-2-1-3-17(10-16)23(33)31-4-7-34-8-5-31/h1-3,10-14,20H,4-9,15H2,(H2,26,27,28). The van der Waals surface area contributed by atoms with Crippen molar-refractivity contribution in [2.24, 2.45) is 0 Å². The number of benzene rings is 1. The average molecular weight is 504 g/mol. The molecule has 0 radical (unpaired) electrons. The van der Waals surface area contributed by atoms with Gasteiger partial charge in [-0.05, 0) is 23.8 Å². The zero-order chi connectivity index (χ0) is 24.5. The first-order valence-electron chi connectivity index (χ1n) is 11.8. The summed E-state index contributed by atoms with van der Waals surface area (Å²) in [4.78, 5) is 35.6. The molecule has 10 nitrogen and oxygen atoms in total. The zero-order valence-corrected chi connectivity index (χ0v) is 20.4. The molecule has 2 fully saturated rings. The van der Waals surface area contributed by atoms with Gasteiger partial charge < -0.3 is 25.0 Å². The van der Waals surface area contributed by atoms with Gasteiger partial charge in [-0.25, -0.2) is 19.9 Å². The number of thiophene rings is 1. The topological polar surface area (TPSA) is 120 Å². The van der Waals surface area contributed by atoms with Gasteiger partial charge in [-0.1, -0.05) is 12.1 Å². The van der Waals surface area contributed by atoms with Crippen molar-refractivity contribution < 1.29 is 14.3 Å². The molecule has 4 aromatic rings. The van der Waals surface area contributed by atoms with Crippen molar-refractivity contribution in [3.05, 3.63) is 60.0 Å². The van der Waals surface area contributed by atoms with Crippen LogP contribution in [0, 0.1) is 0 Å². The van der Waals surface area contributed by atoms with Gasteiger partial charge in [0.05, 0.1) is 42.8 Å². The highest BCUT2D eigenvalue weighted by molar-refractivity contribution is 7.22. The molecule has 2 aliphatic heterocycles. The molecule has 2 N–H and O–H groups in total. The smallest absolute Gasteiger partial charge is 0.254 e. The third-order valence-corrected chi connectivity index (χ3v) is 7.47. The van der Waals surface area contributed by atoms with Crippen molar-refractivity contribution in [3.63, 3.8) is 0 Å². The molecule has 5 heterocycles. The summed E-state index contributed by atoms with van der Waals surface area (Å²) >= 11 is 1.62. The molecule has 36 heavy (non-hydrogen) atoms. The molecule has 11 heteroatoms. The fourth-order valence-electron chi connectivity index (χ4n) is 4.42. The van der Waals surface area contributed by atoms with Gasteiger partial charge in [-0.15, -0.1) is 11.3 Å². The van der Waals surface area contributed by atoms with Gasteiger partial charge in [0.25, 0.3) is 5.91 Å². The third kappa shape index (κ3) is 4.60. The number of amides is 1. The van der Waals surface area contributed by atoms with E-state index in [4.69, 9.17) is 20.2 Å². The van der Waals surface area contributed by atoms with Crippen LogP contribution in [0.4, 0.5) is 11.9 Å². The molecule has 0 saturated carbocycles. The Bertz CT molecular complexity index is 1390. The van der Waals surface area contributed by atoms with Gasteiger partial charge in [0, 0.05) is 48.0 Å². The summed E-state index contributed by atoms with van der Waals surface area (Å²) in [5.41, 5.74) is 9.04. The molecule has 0 spiro atoms. The number of carbonyl (C=O) groups excluding carboxylic acids is 1. The first kappa shape index (κ1) is 22.8. The zero-order valence-electron chi connectivity index (χ0n) is 19.5. The van der Waals surface area contributed by atoms with Gasteiger partial charge >= 0.3 is 0 Å². The van der Waals surface area contributed by atoms with Gasteiger partial charge in [-0.3, -0.25) is 4.79 Å². The Morgan fingerprint density at radius 2 is 1.86 bits per heavy atom. The number of morpholine rings is 2. The maximum atomic E-state index is 12.9. The Labute approximate surface area is 211 Å². The number of carbonyl (C=O) groups is 1. The van der Waals surface area contributed by atoms with Crippen LogP contribution in [-0.2, 0) is 9.47 Å². The van der Waals surface area contributed by atoms with Crippen LogP contribution < -0.4 is 10.6 Å². The summed E-state index contributed by atoms with van der Waals surface area (Å²) in [6.07, 6.45) is 5.09. The van der Waals surface area contributed by atoms with Gasteiger partial charge in [0.15, 0.2) is 0 Å². The molecule has 1 unspecified atom stereocenters. The van der Waals surface area contributed by atoms with Crippen LogP contribution in [0.25, 0.3) is 20.7 Å². The average Bonchev–Trinajstić information content (AvgIpc) is 3.37. The van der Waals surface area contributed by atoms with Crippen molar-refractivity contribution >= 4 is 39.4 Å². The first-order chi connectivity index (χ1) is 17.6. The number of aromatic nitrogens is 4. The minimum absolute atomic E-state index is 0.0386. The van der Waals surface area contributed by atoms with Crippen LogP contribution in [-0.4, -0.2) is 76.7 Å². The van der Waals surface area contributed by atoms with E-state index in [0.717, 1.165) is 26.2 Å². The summed E-state index contributed by atoms with van der Waals surface area (Å²) in [6.45, 7) is 4.26. The minimum Gasteiger partial charge on any atom is -0.378 e. The fourth-order valence-corrected chi connectivity index (χ4v) is 5.39. The van der Waals surface area contributed by atoms with Gasteiger partial charge in [0.2, 0.25) is 11.9 Å². The Hall–Kier alpha value is -3.67. The lowest BCUT2D eigenvalue weighted by atomic mass is 10.1. The van der Waals surface area contributed by atoms with Crippen LogP contribution in [0.3, 0.4) is 0 Å². The Morgan fingerprint density at radius 1 is 1.03 bits per heavy atom. The van der Waals surface area contributed by atoms with Crippen LogP contribution in [0.5, 0.6) is 0 Å². The van der Waals surface area contributed by atoms with E-state index in [-0.39, 0.29) is 18.0 Å². The summed E-state index contributed by atoms with van der Waals surface area (Å²) in [5, 5.41) is 0. The molecule has 2 saturated heterocycles. The molecule has 2 aliphatic rings. The predicted octanol–water partition coefficient (Wildman–Crippen LogP) is 2.78. The van der Waals surface area contributed by atoms with E-state index in [0.29, 0.717) is 57.5 Å². The van der Waals surface area contributed by atoms with Gasteiger partial charge in [-0.2, -0.15) is 0 Å². The largest absolute Gasteiger partial charge is 0.378 e. The van der Waals surface area contributed by atoms with Gasteiger partial charge in [0.1, 0.15) is 6.10 Å². The van der Waals surface area contributed by atoms with E-state index in [1.54, 1.807) is 23.7 Å². The number of anilines is 2. The van der Waals surface area contributed by atoms with Crippen LogP contribution >= 0.6 is 11.3 Å². The maximum Gasteiger partial charge on any atom is 0.254 e. The van der Waals surface area contributed by atoms with Crippen LogP contribution in [0.1, 0.15) is 22.0 Å². The lowest BCUT2D eigenvalue weighted by Gasteiger charge is -2.32. The second-order valence-electron chi connectivity index (χ2n) is 8.70. The Morgan fingerprint density at radius 3 is 2.69 bits per heavy atom. The number of hydrogen-bond donors (Lipinski definition) is 1. The van der Waals surface area contributed by atoms with E-state index in [2.05, 4.69) is 25.9 Å². The van der Waals surface area contributed by atoms with E-state index in [1.807, 2.05) is 35.4 Å². The first-order valence-corrected chi connectivity index (χ1v) is 12.6. The third-order valence-electron chi connectivity index (χ3n) is 6.36. The van der Waals surface area contributed by atoms with Crippen molar-refractivity contribution in [1.29, 1.82) is 0 Å². The molecule has 184 valence electrons. The Kier molecular flexibility index (Phi) is 6.18. The maximum absolute atomic E-state index is 12.9. The summed E-state index contributed by atoms with van der Waals surface area (Å²) in [5.74, 6) is 0.939. The molecule has 0 bridgehead atoms. The van der Waals surface area contributed by atoms with Crippen LogP contribution in [0.2, 0.25) is 0 Å². The van der Waals surface area contributed by atoms with E-state index < -0.39 is 0 Å². The number of nitrogen functional groups attached to an aromatic ring is 1. The number of fused-ring (bicyclic) bond motifs is 1. The molecule has 0 aliphatic carbocycles. The monoisotopic (exact) mass is 503 g/mol. The quantitative estimate of drug-likeness (QED) is 0.448. The fraction of sp³-hybridized carbons (Fsp3) is 0.320. The molecular formula is C25H25N7O3S. The molecule has 1 aromatic carbocycles. The second-order valence-corrected chi connectivity index (χ2v) is 9.78. The molecule has 1 atom stereocenters. The van der Waals surface area contributed by atoms with E-state index >= 15 is 0 Å². The molecule has 1 amide bonds. The number of nitrogens with zero attached hydrogens (tertiary/aromatic N) is 6. The van der Waals surface area contributed by atoms with Crippen molar-refractivity contribution in [2.75, 3.05) is 56.6 Å². The Balaban J connectivity index is 1.23. The highest BCUT2D eigenvalue weighted by Gasteiger charge is 2.25. The van der Waals surface area contributed by atoms with Crippen molar-refractivity contribution in [2.45, 2.75) is 6.10 Å². The normalized spacial score (nSPS) is 18.5. The summed E-state index contributed by atoms with van der Waals surface area (Å²) < 4.78 is 12.3. The number of hydrogen-bond acceptors (Lipinski definition) is 10. The number of rotatable bonds is 4.